The molecule has 15 heavy (non-hydrogen) atoms. The van der Waals surface area contributed by atoms with Gasteiger partial charge in [-0.05, 0) is 17.7 Å². The molecule has 0 aliphatic carbocycles. The van der Waals surface area contributed by atoms with Crippen LogP contribution in [0, 0.1) is 5.82 Å². The highest BCUT2D eigenvalue weighted by Crippen LogP contribution is 2.18. The van der Waals surface area contributed by atoms with Gasteiger partial charge in [0.1, 0.15) is 5.82 Å². The normalized spacial score (nSPS) is 10.0. The van der Waals surface area contributed by atoms with Crippen molar-refractivity contribution in [2.24, 2.45) is 0 Å². The minimum atomic E-state index is -0.275. The number of ether oxygens (including phenoxy) is 1. The SMILES string of the molecule is COc1ncc(-c2cccc(F)c2)cn1. The van der Waals surface area contributed by atoms with Crippen molar-refractivity contribution in [3.63, 3.8) is 0 Å². The van der Waals surface area contributed by atoms with Crippen molar-refractivity contribution in [1.29, 1.82) is 0 Å². The zero-order valence-corrected chi connectivity index (χ0v) is 8.14. The van der Waals surface area contributed by atoms with Crippen LogP contribution in [0.4, 0.5) is 4.39 Å². The highest BCUT2D eigenvalue weighted by atomic mass is 19.1. The van der Waals surface area contributed by atoms with E-state index in [0.29, 0.717) is 6.01 Å². The van der Waals surface area contributed by atoms with Gasteiger partial charge < -0.3 is 4.74 Å². The lowest BCUT2D eigenvalue weighted by Gasteiger charge is -2.01. The van der Waals surface area contributed by atoms with Crippen LogP contribution in [0.15, 0.2) is 36.7 Å². The van der Waals surface area contributed by atoms with Gasteiger partial charge in [0.25, 0.3) is 0 Å². The van der Waals surface area contributed by atoms with Crippen molar-refractivity contribution >= 4 is 0 Å². The van der Waals surface area contributed by atoms with Crippen LogP contribution in [0.1, 0.15) is 0 Å². The molecule has 1 heterocycles. The predicted octanol–water partition coefficient (Wildman–Crippen LogP) is 2.29. The van der Waals surface area contributed by atoms with E-state index in [9.17, 15) is 4.39 Å². The molecule has 2 aromatic rings. The van der Waals surface area contributed by atoms with Gasteiger partial charge in [0.05, 0.1) is 7.11 Å². The second kappa shape index (κ2) is 4.04. The van der Waals surface area contributed by atoms with Crippen LogP contribution in [-0.2, 0) is 0 Å². The second-order valence-corrected chi connectivity index (χ2v) is 2.97. The number of hydrogen-bond donors (Lipinski definition) is 0. The molecule has 0 saturated carbocycles. The minimum Gasteiger partial charge on any atom is -0.467 e. The van der Waals surface area contributed by atoms with Gasteiger partial charge in [0.15, 0.2) is 0 Å². The smallest absolute Gasteiger partial charge is 0.316 e. The summed E-state index contributed by atoms with van der Waals surface area (Å²) < 4.78 is 17.8. The Balaban J connectivity index is 2.37. The van der Waals surface area contributed by atoms with Gasteiger partial charge in [-0.25, -0.2) is 14.4 Å². The lowest BCUT2D eigenvalue weighted by Crippen LogP contribution is -1.91. The quantitative estimate of drug-likeness (QED) is 0.752. The first kappa shape index (κ1) is 9.58. The molecule has 0 atom stereocenters. The van der Waals surface area contributed by atoms with E-state index in [-0.39, 0.29) is 5.82 Å². The summed E-state index contributed by atoms with van der Waals surface area (Å²) in [4.78, 5) is 7.89. The number of hydrogen-bond acceptors (Lipinski definition) is 3. The molecule has 0 fully saturated rings. The van der Waals surface area contributed by atoms with Crippen molar-refractivity contribution in [1.82, 2.24) is 9.97 Å². The molecule has 0 saturated heterocycles. The molecule has 0 aliphatic rings. The fraction of sp³-hybridized carbons (Fsp3) is 0.0909. The first-order valence-electron chi connectivity index (χ1n) is 4.41. The summed E-state index contributed by atoms with van der Waals surface area (Å²) in [5.41, 5.74) is 1.51. The van der Waals surface area contributed by atoms with Gasteiger partial charge >= 0.3 is 6.01 Å². The average molecular weight is 204 g/mol. The topological polar surface area (TPSA) is 35.0 Å². The number of halogens is 1. The Morgan fingerprint density at radius 3 is 2.47 bits per heavy atom. The Morgan fingerprint density at radius 1 is 1.13 bits per heavy atom. The zero-order valence-electron chi connectivity index (χ0n) is 8.14. The van der Waals surface area contributed by atoms with Crippen LogP contribution in [0.3, 0.4) is 0 Å². The summed E-state index contributed by atoms with van der Waals surface area (Å²) in [6.07, 6.45) is 3.20. The third-order valence-electron chi connectivity index (χ3n) is 1.97. The molecule has 0 aliphatic heterocycles. The van der Waals surface area contributed by atoms with E-state index >= 15 is 0 Å². The summed E-state index contributed by atoms with van der Waals surface area (Å²) in [6.45, 7) is 0. The summed E-state index contributed by atoms with van der Waals surface area (Å²) in [5.74, 6) is -0.275. The Labute approximate surface area is 86.6 Å². The van der Waals surface area contributed by atoms with Gasteiger partial charge in [-0.15, -0.1) is 0 Å². The second-order valence-electron chi connectivity index (χ2n) is 2.97. The lowest BCUT2D eigenvalue weighted by molar-refractivity contribution is 0.380. The fourth-order valence-corrected chi connectivity index (χ4v) is 1.24. The number of rotatable bonds is 2. The minimum absolute atomic E-state index is 0.275. The van der Waals surface area contributed by atoms with E-state index < -0.39 is 0 Å². The molecule has 4 heteroatoms. The van der Waals surface area contributed by atoms with E-state index in [1.54, 1.807) is 24.5 Å². The highest BCUT2D eigenvalue weighted by Gasteiger charge is 2.01. The monoisotopic (exact) mass is 204 g/mol. The number of nitrogens with zero attached hydrogens (tertiary/aromatic N) is 2. The van der Waals surface area contributed by atoms with E-state index in [0.717, 1.165) is 11.1 Å². The van der Waals surface area contributed by atoms with Crippen LogP contribution < -0.4 is 4.74 Å². The van der Waals surface area contributed by atoms with Crippen molar-refractivity contribution < 1.29 is 9.13 Å². The van der Waals surface area contributed by atoms with Crippen molar-refractivity contribution in [2.45, 2.75) is 0 Å². The fourth-order valence-electron chi connectivity index (χ4n) is 1.24. The summed E-state index contributed by atoms with van der Waals surface area (Å²) in [6, 6.07) is 6.58. The Morgan fingerprint density at radius 2 is 1.87 bits per heavy atom. The number of benzene rings is 1. The Kier molecular flexibility index (Phi) is 2.58. The van der Waals surface area contributed by atoms with E-state index in [1.807, 2.05) is 0 Å². The summed E-state index contributed by atoms with van der Waals surface area (Å²) in [5, 5.41) is 0. The van der Waals surface area contributed by atoms with E-state index in [1.165, 1.54) is 19.2 Å². The third-order valence-corrected chi connectivity index (χ3v) is 1.97. The van der Waals surface area contributed by atoms with Crippen molar-refractivity contribution in [3.05, 3.63) is 42.5 Å². The molecule has 0 unspecified atom stereocenters. The average Bonchev–Trinajstić information content (AvgIpc) is 2.29. The number of aromatic nitrogens is 2. The number of methoxy groups -OCH3 is 1. The molecule has 0 radical (unpaired) electrons. The lowest BCUT2D eigenvalue weighted by atomic mass is 10.1. The Bertz CT molecular complexity index is 456. The highest BCUT2D eigenvalue weighted by molar-refractivity contribution is 5.61. The molecular weight excluding hydrogens is 195 g/mol. The zero-order chi connectivity index (χ0) is 10.7. The molecule has 0 bridgehead atoms. The van der Waals surface area contributed by atoms with Crippen LogP contribution in [-0.4, -0.2) is 17.1 Å². The molecule has 1 aromatic heterocycles. The van der Waals surface area contributed by atoms with Crippen molar-refractivity contribution in [2.75, 3.05) is 7.11 Å². The molecule has 2 rings (SSSR count). The van der Waals surface area contributed by atoms with E-state index in [4.69, 9.17) is 4.74 Å². The van der Waals surface area contributed by atoms with Crippen LogP contribution in [0.2, 0.25) is 0 Å². The standard InChI is InChI=1S/C11H9FN2O/c1-15-11-13-6-9(7-14-11)8-3-2-4-10(12)5-8/h2-7H,1H3. The molecule has 3 nitrogen and oxygen atoms in total. The molecule has 0 spiro atoms. The molecule has 0 N–H and O–H groups in total. The van der Waals surface area contributed by atoms with Crippen LogP contribution >= 0.6 is 0 Å². The van der Waals surface area contributed by atoms with Crippen molar-refractivity contribution in [3.8, 4) is 17.1 Å². The third kappa shape index (κ3) is 2.10. The van der Waals surface area contributed by atoms with Gasteiger partial charge in [-0.2, -0.15) is 0 Å². The van der Waals surface area contributed by atoms with Gasteiger partial charge in [-0.1, -0.05) is 12.1 Å². The molecule has 0 amide bonds. The van der Waals surface area contributed by atoms with Crippen LogP contribution in [0.5, 0.6) is 6.01 Å². The van der Waals surface area contributed by atoms with Gasteiger partial charge in [0, 0.05) is 18.0 Å². The largest absolute Gasteiger partial charge is 0.467 e. The molecule has 1 aromatic carbocycles. The van der Waals surface area contributed by atoms with Gasteiger partial charge in [0.2, 0.25) is 0 Å². The summed E-state index contributed by atoms with van der Waals surface area (Å²) in [7, 11) is 1.50. The molecule has 76 valence electrons. The first-order chi connectivity index (χ1) is 7.29. The Hall–Kier alpha value is -1.97. The maximum Gasteiger partial charge on any atom is 0.316 e. The summed E-state index contributed by atoms with van der Waals surface area (Å²) >= 11 is 0. The van der Waals surface area contributed by atoms with E-state index in [2.05, 4.69) is 9.97 Å². The predicted molar refractivity (Wildman–Crippen MR) is 54.0 cm³/mol. The maximum absolute atomic E-state index is 12.9. The maximum atomic E-state index is 12.9. The molecular formula is C11H9FN2O. The van der Waals surface area contributed by atoms with Gasteiger partial charge in [-0.3, -0.25) is 0 Å². The first-order valence-corrected chi connectivity index (χ1v) is 4.41. The van der Waals surface area contributed by atoms with Crippen LogP contribution in [0.25, 0.3) is 11.1 Å².